The Balaban J connectivity index is 1.40. The van der Waals surface area contributed by atoms with Crippen molar-refractivity contribution in [2.75, 3.05) is 37.6 Å². The van der Waals surface area contributed by atoms with Crippen LogP contribution in [0.3, 0.4) is 0 Å². The van der Waals surface area contributed by atoms with Gasteiger partial charge in [-0.2, -0.15) is 0 Å². The Labute approximate surface area is 185 Å². The molecule has 1 amide bonds. The van der Waals surface area contributed by atoms with Crippen molar-refractivity contribution in [1.29, 1.82) is 0 Å². The predicted octanol–water partition coefficient (Wildman–Crippen LogP) is 3.98. The molecule has 2 aromatic heterocycles. The monoisotopic (exact) mass is 439 g/mol. The molecule has 1 fully saturated rings. The van der Waals surface area contributed by atoms with E-state index in [9.17, 15) is 9.18 Å². The Hall–Kier alpha value is -2.84. The Bertz CT molecular complexity index is 1030. The third-order valence-corrected chi connectivity index (χ3v) is 6.61. The lowest BCUT2D eigenvalue weighted by molar-refractivity contribution is 0.0939. The molecular formula is C23H26FN5OS. The van der Waals surface area contributed by atoms with Gasteiger partial charge in [-0.1, -0.05) is 6.92 Å². The molecule has 1 N–H and O–H groups in total. The number of carbonyl (C=O) groups is 1. The van der Waals surface area contributed by atoms with Gasteiger partial charge in [0.2, 0.25) is 0 Å². The predicted molar refractivity (Wildman–Crippen MR) is 122 cm³/mol. The molecule has 162 valence electrons. The first-order valence-electron chi connectivity index (χ1n) is 10.5. The standard InChI is InChI=1S/C23H26FN5OS/c1-3-28-10-12-29(13-11-28)21-5-4-18(14-19(21)24)22(30)26-16(2)23-27-20(15-31-23)17-6-8-25-9-7-17/h4-9,14-16H,3,10-13H2,1-2H3,(H,26,30). The minimum absolute atomic E-state index is 0.280. The van der Waals surface area contributed by atoms with E-state index in [2.05, 4.69) is 27.1 Å². The second kappa shape index (κ2) is 9.53. The van der Waals surface area contributed by atoms with Gasteiger partial charge < -0.3 is 15.1 Å². The Morgan fingerprint density at radius 3 is 2.61 bits per heavy atom. The summed E-state index contributed by atoms with van der Waals surface area (Å²) in [5.41, 5.74) is 2.70. The molecule has 0 radical (unpaired) electrons. The van der Waals surface area contributed by atoms with E-state index in [1.54, 1.807) is 24.5 Å². The summed E-state index contributed by atoms with van der Waals surface area (Å²) in [6, 6.07) is 8.24. The van der Waals surface area contributed by atoms with E-state index in [1.807, 2.05) is 29.3 Å². The van der Waals surface area contributed by atoms with E-state index in [1.165, 1.54) is 17.4 Å². The largest absolute Gasteiger partial charge is 0.367 e. The lowest BCUT2D eigenvalue weighted by Gasteiger charge is -2.35. The number of benzene rings is 1. The van der Waals surface area contributed by atoms with Crippen molar-refractivity contribution >= 4 is 22.9 Å². The SMILES string of the molecule is CCN1CCN(c2ccc(C(=O)NC(C)c3nc(-c4ccncc4)cs3)cc2F)CC1. The highest BCUT2D eigenvalue weighted by atomic mass is 32.1. The highest BCUT2D eigenvalue weighted by Gasteiger charge is 2.21. The van der Waals surface area contributed by atoms with Crippen molar-refractivity contribution in [3.05, 3.63) is 64.5 Å². The zero-order valence-corrected chi connectivity index (χ0v) is 18.5. The summed E-state index contributed by atoms with van der Waals surface area (Å²) in [7, 11) is 0. The number of halogens is 1. The number of likely N-dealkylation sites (N-methyl/N-ethyl adjacent to an activating group) is 1. The number of hydrogen-bond donors (Lipinski definition) is 1. The number of nitrogens with one attached hydrogen (secondary N) is 1. The molecule has 0 saturated carbocycles. The summed E-state index contributed by atoms with van der Waals surface area (Å²) in [6.07, 6.45) is 3.45. The van der Waals surface area contributed by atoms with Crippen LogP contribution in [0.25, 0.3) is 11.3 Å². The lowest BCUT2D eigenvalue weighted by Crippen LogP contribution is -2.46. The van der Waals surface area contributed by atoms with Crippen molar-refractivity contribution < 1.29 is 9.18 Å². The van der Waals surface area contributed by atoms with Gasteiger partial charge in [0.25, 0.3) is 5.91 Å². The Morgan fingerprint density at radius 1 is 1.19 bits per heavy atom. The molecule has 1 atom stereocenters. The number of rotatable bonds is 6. The van der Waals surface area contributed by atoms with Crippen molar-refractivity contribution in [3.63, 3.8) is 0 Å². The number of hydrogen-bond acceptors (Lipinski definition) is 6. The number of aromatic nitrogens is 2. The van der Waals surface area contributed by atoms with E-state index >= 15 is 0 Å². The molecule has 1 aliphatic heterocycles. The van der Waals surface area contributed by atoms with Crippen LogP contribution in [0, 0.1) is 5.82 Å². The molecule has 1 aliphatic rings. The van der Waals surface area contributed by atoms with Crippen molar-refractivity contribution in [2.45, 2.75) is 19.9 Å². The molecular weight excluding hydrogens is 413 g/mol. The number of piperazine rings is 1. The quantitative estimate of drug-likeness (QED) is 0.630. The van der Waals surface area contributed by atoms with Gasteiger partial charge in [-0.15, -0.1) is 11.3 Å². The number of pyridine rings is 1. The average molecular weight is 440 g/mol. The summed E-state index contributed by atoms with van der Waals surface area (Å²) in [5, 5.41) is 5.68. The van der Waals surface area contributed by atoms with Crippen molar-refractivity contribution in [2.24, 2.45) is 0 Å². The number of carbonyl (C=O) groups excluding carboxylic acids is 1. The zero-order chi connectivity index (χ0) is 21.8. The van der Waals surface area contributed by atoms with E-state index in [-0.39, 0.29) is 17.8 Å². The highest BCUT2D eigenvalue weighted by molar-refractivity contribution is 7.10. The third kappa shape index (κ3) is 4.91. The molecule has 31 heavy (non-hydrogen) atoms. The van der Waals surface area contributed by atoms with Crippen LogP contribution in [0.2, 0.25) is 0 Å². The normalized spacial score (nSPS) is 15.6. The fraction of sp³-hybridized carbons (Fsp3) is 0.348. The van der Waals surface area contributed by atoms with Crippen LogP contribution in [0.15, 0.2) is 48.1 Å². The van der Waals surface area contributed by atoms with Gasteiger partial charge in [-0.25, -0.2) is 9.37 Å². The first-order chi connectivity index (χ1) is 15.0. The summed E-state index contributed by atoms with van der Waals surface area (Å²) in [4.78, 5) is 25.7. The maximum absolute atomic E-state index is 14.8. The number of nitrogens with zero attached hydrogens (tertiary/aromatic N) is 4. The number of amides is 1. The fourth-order valence-electron chi connectivity index (χ4n) is 3.69. The molecule has 6 nitrogen and oxygen atoms in total. The highest BCUT2D eigenvalue weighted by Crippen LogP contribution is 2.26. The fourth-order valence-corrected chi connectivity index (χ4v) is 4.53. The summed E-state index contributed by atoms with van der Waals surface area (Å²) in [5.74, 6) is -0.672. The van der Waals surface area contributed by atoms with Crippen LogP contribution in [0.1, 0.15) is 35.3 Å². The second-order valence-electron chi connectivity index (χ2n) is 7.59. The van der Waals surface area contributed by atoms with Gasteiger partial charge in [-0.05, 0) is 43.8 Å². The molecule has 0 spiro atoms. The molecule has 3 aromatic rings. The lowest BCUT2D eigenvalue weighted by atomic mass is 10.1. The van der Waals surface area contributed by atoms with E-state index in [4.69, 9.17) is 0 Å². The maximum atomic E-state index is 14.8. The molecule has 3 heterocycles. The molecule has 0 aliphatic carbocycles. The number of anilines is 1. The van der Waals surface area contributed by atoms with Crippen LogP contribution in [-0.2, 0) is 0 Å². The molecule has 8 heteroatoms. The van der Waals surface area contributed by atoms with Gasteiger partial charge in [0, 0.05) is 55.1 Å². The van der Waals surface area contributed by atoms with Crippen LogP contribution in [-0.4, -0.2) is 53.5 Å². The minimum atomic E-state index is -0.362. The molecule has 0 bridgehead atoms. The Kier molecular flexibility index (Phi) is 6.58. The van der Waals surface area contributed by atoms with Crippen molar-refractivity contribution in [1.82, 2.24) is 20.2 Å². The summed E-state index contributed by atoms with van der Waals surface area (Å²) < 4.78 is 14.8. The maximum Gasteiger partial charge on any atom is 0.251 e. The Morgan fingerprint density at radius 2 is 1.94 bits per heavy atom. The van der Waals surface area contributed by atoms with Crippen LogP contribution < -0.4 is 10.2 Å². The third-order valence-electron chi connectivity index (χ3n) is 5.59. The summed E-state index contributed by atoms with van der Waals surface area (Å²) in [6.45, 7) is 8.45. The molecule has 1 aromatic carbocycles. The van der Waals surface area contributed by atoms with Crippen LogP contribution in [0.5, 0.6) is 0 Å². The smallest absolute Gasteiger partial charge is 0.251 e. The van der Waals surface area contributed by atoms with E-state index in [0.717, 1.165) is 49.0 Å². The average Bonchev–Trinajstić information content (AvgIpc) is 3.30. The topological polar surface area (TPSA) is 61.4 Å². The van der Waals surface area contributed by atoms with E-state index in [0.29, 0.717) is 11.3 Å². The van der Waals surface area contributed by atoms with Crippen LogP contribution in [0.4, 0.5) is 10.1 Å². The van der Waals surface area contributed by atoms with Gasteiger partial charge in [0.1, 0.15) is 10.8 Å². The molecule has 4 rings (SSSR count). The second-order valence-corrected chi connectivity index (χ2v) is 8.48. The minimum Gasteiger partial charge on any atom is -0.367 e. The van der Waals surface area contributed by atoms with Crippen LogP contribution >= 0.6 is 11.3 Å². The molecule has 1 saturated heterocycles. The van der Waals surface area contributed by atoms with Crippen molar-refractivity contribution in [3.8, 4) is 11.3 Å². The first-order valence-corrected chi connectivity index (χ1v) is 11.4. The zero-order valence-electron chi connectivity index (χ0n) is 17.7. The first kappa shape index (κ1) is 21.4. The van der Waals surface area contributed by atoms with Gasteiger partial charge in [-0.3, -0.25) is 9.78 Å². The summed E-state index contributed by atoms with van der Waals surface area (Å²) >= 11 is 1.49. The molecule has 1 unspecified atom stereocenters. The number of thiazole rings is 1. The van der Waals surface area contributed by atoms with Gasteiger partial charge in [0.05, 0.1) is 17.4 Å². The van der Waals surface area contributed by atoms with Gasteiger partial charge >= 0.3 is 0 Å². The van der Waals surface area contributed by atoms with Gasteiger partial charge in [0.15, 0.2) is 0 Å². The van der Waals surface area contributed by atoms with E-state index < -0.39 is 0 Å².